The Morgan fingerprint density at radius 2 is 0.906 bits per heavy atom. The number of rotatable bonds is 3. The number of fused-ring (bicyclic) bond motifs is 6. The largest absolute Gasteiger partial charge is 0.338 e. The Balaban J connectivity index is 1.62. The van der Waals surface area contributed by atoms with Crippen LogP contribution in [0.15, 0.2) is 84.9 Å². The Labute approximate surface area is 188 Å². The van der Waals surface area contributed by atoms with Gasteiger partial charge in [0.1, 0.15) is 0 Å². The van der Waals surface area contributed by atoms with Crippen LogP contribution in [0.25, 0.3) is 54.7 Å². The van der Waals surface area contributed by atoms with E-state index in [1.54, 1.807) is 0 Å². The van der Waals surface area contributed by atoms with Crippen molar-refractivity contribution in [3.05, 3.63) is 84.9 Å². The Morgan fingerprint density at radius 3 is 1.56 bits per heavy atom. The summed E-state index contributed by atoms with van der Waals surface area (Å²) >= 11 is 0. The van der Waals surface area contributed by atoms with Crippen LogP contribution in [0, 0.1) is 0 Å². The molecule has 0 fully saturated rings. The lowest BCUT2D eigenvalue weighted by atomic mass is 10.0. The molecule has 0 radical (unpaired) electrons. The fraction of sp³-hybridized carbons (Fsp3) is 0.200. The summed E-state index contributed by atoms with van der Waals surface area (Å²) in [5, 5.41) is 5.32. The molecule has 158 valence electrons. The van der Waals surface area contributed by atoms with Gasteiger partial charge in [-0.3, -0.25) is 0 Å². The predicted octanol–water partition coefficient (Wildman–Crippen LogP) is 8.73. The molecule has 0 amide bonds. The minimum atomic E-state index is 0.402. The molecule has 2 aromatic heterocycles. The quantitative estimate of drug-likeness (QED) is 0.273. The van der Waals surface area contributed by atoms with Crippen LogP contribution in [-0.2, 0) is 0 Å². The number of benzene rings is 4. The van der Waals surface area contributed by atoms with Crippen molar-refractivity contribution in [1.29, 1.82) is 0 Å². The highest BCUT2D eigenvalue weighted by Gasteiger charge is 2.16. The van der Waals surface area contributed by atoms with Crippen molar-refractivity contribution in [1.82, 2.24) is 9.13 Å². The number of para-hydroxylation sites is 2. The smallest absolute Gasteiger partial charge is 0.0500 e. The molecule has 0 N–H and O–H groups in total. The van der Waals surface area contributed by atoms with Gasteiger partial charge in [-0.25, -0.2) is 0 Å². The molecule has 6 rings (SSSR count). The van der Waals surface area contributed by atoms with Gasteiger partial charge in [0.2, 0.25) is 0 Å². The highest BCUT2D eigenvalue weighted by molar-refractivity contribution is 6.11. The molecule has 0 unspecified atom stereocenters. The fourth-order valence-electron chi connectivity index (χ4n) is 5.47. The van der Waals surface area contributed by atoms with Crippen LogP contribution in [0.1, 0.15) is 39.8 Å². The molecule has 0 aliphatic carbocycles. The van der Waals surface area contributed by atoms with E-state index < -0.39 is 0 Å². The second-order valence-electron chi connectivity index (χ2n) is 9.43. The van der Waals surface area contributed by atoms with Crippen molar-refractivity contribution in [3.8, 4) is 11.1 Å². The van der Waals surface area contributed by atoms with E-state index in [0.29, 0.717) is 12.1 Å². The summed E-state index contributed by atoms with van der Waals surface area (Å²) < 4.78 is 4.92. The highest BCUT2D eigenvalue weighted by atomic mass is 15.0. The van der Waals surface area contributed by atoms with Crippen LogP contribution in [0.2, 0.25) is 0 Å². The monoisotopic (exact) mass is 416 g/mol. The third-order valence-corrected chi connectivity index (χ3v) is 6.79. The molecule has 0 spiro atoms. The third-order valence-electron chi connectivity index (χ3n) is 6.79. The van der Waals surface area contributed by atoms with Gasteiger partial charge in [0.25, 0.3) is 0 Å². The van der Waals surface area contributed by atoms with Crippen molar-refractivity contribution in [3.63, 3.8) is 0 Å². The van der Waals surface area contributed by atoms with E-state index in [0.717, 1.165) is 0 Å². The van der Waals surface area contributed by atoms with Crippen LogP contribution < -0.4 is 0 Å². The van der Waals surface area contributed by atoms with E-state index >= 15 is 0 Å². The van der Waals surface area contributed by atoms with Crippen LogP contribution in [0.3, 0.4) is 0 Å². The summed E-state index contributed by atoms with van der Waals surface area (Å²) in [6, 6.07) is 32.3. The van der Waals surface area contributed by atoms with E-state index in [2.05, 4.69) is 122 Å². The Bertz CT molecular complexity index is 1630. The topological polar surface area (TPSA) is 9.86 Å². The Kier molecular flexibility index (Phi) is 4.19. The van der Waals surface area contributed by atoms with Crippen LogP contribution in [0.5, 0.6) is 0 Å². The van der Waals surface area contributed by atoms with Gasteiger partial charge in [-0.15, -0.1) is 0 Å². The van der Waals surface area contributed by atoms with E-state index in [9.17, 15) is 0 Å². The SMILES string of the molecule is CC(C)n1c2ccccc2c2cc(-c3ccc4c5ccccc5n(C(C)C)c4c3)ccc21. The summed E-state index contributed by atoms with van der Waals surface area (Å²) in [4.78, 5) is 0. The average molecular weight is 417 g/mol. The van der Waals surface area contributed by atoms with Crippen molar-refractivity contribution < 1.29 is 0 Å². The fourth-order valence-corrected chi connectivity index (χ4v) is 5.47. The predicted molar refractivity (Wildman–Crippen MR) is 139 cm³/mol. The Morgan fingerprint density at radius 1 is 0.438 bits per heavy atom. The van der Waals surface area contributed by atoms with Gasteiger partial charge in [0, 0.05) is 55.7 Å². The van der Waals surface area contributed by atoms with Gasteiger partial charge in [-0.1, -0.05) is 54.6 Å². The second kappa shape index (κ2) is 7.00. The van der Waals surface area contributed by atoms with Gasteiger partial charge in [-0.05, 0) is 69.2 Å². The molecular weight excluding hydrogens is 388 g/mol. The maximum Gasteiger partial charge on any atom is 0.0500 e. The maximum atomic E-state index is 2.47. The van der Waals surface area contributed by atoms with Crippen molar-refractivity contribution in [2.24, 2.45) is 0 Å². The first-order chi connectivity index (χ1) is 15.5. The lowest BCUT2D eigenvalue weighted by Crippen LogP contribution is -2.00. The zero-order valence-electron chi connectivity index (χ0n) is 19.1. The molecule has 0 aliphatic rings. The third kappa shape index (κ3) is 2.65. The molecule has 6 aromatic rings. The molecule has 2 heterocycles. The summed E-state index contributed by atoms with van der Waals surface area (Å²) in [5.74, 6) is 0. The zero-order valence-corrected chi connectivity index (χ0v) is 19.1. The van der Waals surface area contributed by atoms with Crippen LogP contribution in [-0.4, -0.2) is 9.13 Å². The van der Waals surface area contributed by atoms with Crippen molar-refractivity contribution in [2.75, 3.05) is 0 Å². The zero-order chi connectivity index (χ0) is 22.0. The first-order valence-electron chi connectivity index (χ1n) is 11.6. The first-order valence-corrected chi connectivity index (χ1v) is 11.6. The van der Waals surface area contributed by atoms with Crippen LogP contribution in [0.4, 0.5) is 0 Å². The van der Waals surface area contributed by atoms with Crippen molar-refractivity contribution >= 4 is 43.6 Å². The van der Waals surface area contributed by atoms with E-state index in [1.165, 1.54) is 54.7 Å². The lowest BCUT2D eigenvalue weighted by molar-refractivity contribution is 0.642. The molecule has 0 bridgehead atoms. The molecule has 0 aliphatic heterocycles. The maximum absolute atomic E-state index is 2.47. The standard InChI is InChI=1S/C30H28N2/c1-19(2)31-28-12-8-6-10-24(28)26-17-21(14-16-29(26)31)22-13-15-25-23-9-5-7-11-27(23)32(20(3)4)30(25)18-22/h5-20H,1-4H3. The molecule has 32 heavy (non-hydrogen) atoms. The number of aromatic nitrogens is 2. The molecule has 0 atom stereocenters. The number of nitrogens with zero attached hydrogens (tertiary/aromatic N) is 2. The van der Waals surface area contributed by atoms with Gasteiger partial charge in [-0.2, -0.15) is 0 Å². The van der Waals surface area contributed by atoms with Crippen LogP contribution >= 0.6 is 0 Å². The minimum absolute atomic E-state index is 0.402. The molecule has 4 aromatic carbocycles. The lowest BCUT2D eigenvalue weighted by Gasteiger charge is -2.13. The van der Waals surface area contributed by atoms with E-state index in [-0.39, 0.29) is 0 Å². The Hall–Kier alpha value is -3.52. The molecular formula is C30H28N2. The number of hydrogen-bond donors (Lipinski definition) is 0. The van der Waals surface area contributed by atoms with Gasteiger partial charge >= 0.3 is 0 Å². The summed E-state index contributed by atoms with van der Waals surface area (Å²) in [7, 11) is 0. The normalized spacial score (nSPS) is 12.3. The second-order valence-corrected chi connectivity index (χ2v) is 9.43. The molecule has 0 saturated heterocycles. The average Bonchev–Trinajstić information content (AvgIpc) is 3.31. The molecule has 2 nitrogen and oxygen atoms in total. The van der Waals surface area contributed by atoms with Gasteiger partial charge in [0.05, 0.1) is 0 Å². The van der Waals surface area contributed by atoms with E-state index in [1.807, 2.05) is 0 Å². The van der Waals surface area contributed by atoms with E-state index in [4.69, 9.17) is 0 Å². The first kappa shape index (κ1) is 19.2. The summed E-state index contributed by atoms with van der Waals surface area (Å²) in [6.07, 6.45) is 0. The molecule has 0 saturated carbocycles. The highest BCUT2D eigenvalue weighted by Crippen LogP contribution is 2.37. The van der Waals surface area contributed by atoms with Gasteiger partial charge < -0.3 is 9.13 Å². The van der Waals surface area contributed by atoms with Crippen molar-refractivity contribution in [2.45, 2.75) is 39.8 Å². The number of hydrogen-bond acceptors (Lipinski definition) is 0. The summed E-state index contributed by atoms with van der Waals surface area (Å²) in [6.45, 7) is 9.06. The molecule has 2 heteroatoms. The van der Waals surface area contributed by atoms with Gasteiger partial charge in [0.15, 0.2) is 0 Å². The minimum Gasteiger partial charge on any atom is -0.338 e. The summed E-state index contributed by atoms with van der Waals surface area (Å²) in [5.41, 5.74) is 7.78.